The number of nitrogens with zero attached hydrogens (tertiary/aromatic N) is 1. The van der Waals surface area contributed by atoms with E-state index in [-0.39, 0.29) is 5.92 Å². The average molecular weight is 348 g/mol. The lowest BCUT2D eigenvalue weighted by Gasteiger charge is -2.50. The van der Waals surface area contributed by atoms with Crippen molar-refractivity contribution in [3.63, 3.8) is 0 Å². The van der Waals surface area contributed by atoms with Crippen LogP contribution in [0.4, 0.5) is 0 Å². The summed E-state index contributed by atoms with van der Waals surface area (Å²) >= 11 is 4.77. The van der Waals surface area contributed by atoms with E-state index in [0.29, 0.717) is 17.8 Å². The number of hydrogen-bond acceptors (Lipinski definition) is 4. The molecule has 3 unspecified atom stereocenters. The molecule has 0 saturated heterocycles. The maximum Gasteiger partial charge on any atom is 0.307 e. The van der Waals surface area contributed by atoms with Gasteiger partial charge in [-0.3, -0.25) is 4.79 Å². The van der Waals surface area contributed by atoms with E-state index in [0.717, 1.165) is 3.79 Å². The Kier molecular flexibility index (Phi) is 3.79. The second-order valence-corrected chi connectivity index (χ2v) is 8.28. The largest absolute Gasteiger partial charge is 0.481 e. The molecule has 0 bridgehead atoms. The smallest absolute Gasteiger partial charge is 0.307 e. The lowest BCUT2D eigenvalue weighted by atomic mass is 9.57. The SMILES string of the molecule is CC1C(O)(c2ncc(Br)s2)CCC(C(=O)O)C1(C)C. The molecule has 0 aromatic carbocycles. The normalized spacial score (nSPS) is 34.2. The van der Waals surface area contributed by atoms with Crippen LogP contribution in [-0.4, -0.2) is 21.2 Å². The summed E-state index contributed by atoms with van der Waals surface area (Å²) in [6, 6.07) is 0. The Morgan fingerprint density at radius 2 is 2.21 bits per heavy atom. The van der Waals surface area contributed by atoms with Crippen LogP contribution < -0.4 is 0 Å². The molecule has 0 amide bonds. The molecule has 0 radical (unpaired) electrons. The van der Waals surface area contributed by atoms with Crippen molar-refractivity contribution in [2.75, 3.05) is 0 Å². The lowest BCUT2D eigenvalue weighted by Crippen LogP contribution is -2.51. The molecule has 4 nitrogen and oxygen atoms in total. The topological polar surface area (TPSA) is 70.4 Å². The zero-order valence-corrected chi connectivity index (χ0v) is 13.6. The second-order valence-electron chi connectivity index (χ2n) is 5.87. The lowest BCUT2D eigenvalue weighted by molar-refractivity contribution is -0.165. The number of halogens is 1. The van der Waals surface area contributed by atoms with Crippen molar-refractivity contribution >= 4 is 33.2 Å². The van der Waals surface area contributed by atoms with E-state index in [1.165, 1.54) is 11.3 Å². The molecule has 1 heterocycles. The molecule has 19 heavy (non-hydrogen) atoms. The first-order valence-electron chi connectivity index (χ1n) is 6.26. The van der Waals surface area contributed by atoms with Crippen molar-refractivity contribution in [2.45, 2.75) is 39.2 Å². The van der Waals surface area contributed by atoms with Crippen LogP contribution in [0.3, 0.4) is 0 Å². The fourth-order valence-electron chi connectivity index (χ4n) is 3.06. The first-order valence-corrected chi connectivity index (χ1v) is 7.87. The molecule has 1 aliphatic carbocycles. The summed E-state index contributed by atoms with van der Waals surface area (Å²) < 4.78 is 0.876. The Bertz CT molecular complexity index is 502. The summed E-state index contributed by atoms with van der Waals surface area (Å²) in [6.07, 6.45) is 2.59. The van der Waals surface area contributed by atoms with Crippen LogP contribution in [0.15, 0.2) is 9.98 Å². The zero-order chi connectivity index (χ0) is 14.4. The van der Waals surface area contributed by atoms with E-state index in [1.54, 1.807) is 6.20 Å². The highest BCUT2D eigenvalue weighted by atomic mass is 79.9. The van der Waals surface area contributed by atoms with Gasteiger partial charge in [0.1, 0.15) is 10.6 Å². The summed E-state index contributed by atoms with van der Waals surface area (Å²) in [4.78, 5) is 15.6. The molecule has 1 aromatic rings. The number of aromatic nitrogens is 1. The maximum absolute atomic E-state index is 11.4. The third kappa shape index (κ3) is 2.34. The third-order valence-corrected chi connectivity index (χ3v) is 6.33. The Hall–Kier alpha value is -0.460. The Labute approximate surface area is 125 Å². The van der Waals surface area contributed by atoms with Crippen molar-refractivity contribution in [3.05, 3.63) is 15.0 Å². The summed E-state index contributed by atoms with van der Waals surface area (Å²) in [7, 11) is 0. The summed E-state index contributed by atoms with van der Waals surface area (Å²) in [5.74, 6) is -1.38. The van der Waals surface area contributed by atoms with E-state index in [1.807, 2.05) is 20.8 Å². The first-order chi connectivity index (χ1) is 8.69. The molecule has 106 valence electrons. The number of carbonyl (C=O) groups is 1. The second kappa shape index (κ2) is 4.82. The van der Waals surface area contributed by atoms with Crippen molar-refractivity contribution in [1.29, 1.82) is 0 Å². The van der Waals surface area contributed by atoms with Crippen molar-refractivity contribution < 1.29 is 15.0 Å². The minimum Gasteiger partial charge on any atom is -0.481 e. The van der Waals surface area contributed by atoms with Crippen LogP contribution in [0.1, 0.15) is 38.6 Å². The van der Waals surface area contributed by atoms with Gasteiger partial charge in [-0.2, -0.15) is 0 Å². The summed E-state index contributed by atoms with van der Waals surface area (Å²) in [6.45, 7) is 5.76. The molecular weight excluding hydrogens is 330 g/mol. The molecule has 0 spiro atoms. The standard InChI is InChI=1S/C13H18BrNO3S/c1-7-12(2,3)8(10(16)17)4-5-13(7,18)11-15-6-9(14)19-11/h6-8,18H,4-5H2,1-3H3,(H,16,17). The van der Waals surface area contributed by atoms with Crippen LogP contribution in [0, 0.1) is 17.3 Å². The molecule has 3 atom stereocenters. The van der Waals surface area contributed by atoms with E-state index in [4.69, 9.17) is 0 Å². The number of hydrogen-bond donors (Lipinski definition) is 2. The Morgan fingerprint density at radius 1 is 1.58 bits per heavy atom. The minimum absolute atomic E-state index is 0.173. The molecule has 2 rings (SSSR count). The van der Waals surface area contributed by atoms with E-state index >= 15 is 0 Å². The molecule has 2 N–H and O–H groups in total. The monoisotopic (exact) mass is 347 g/mol. The Morgan fingerprint density at radius 3 is 2.68 bits per heavy atom. The molecule has 1 saturated carbocycles. The number of carboxylic acid groups (broad SMARTS) is 1. The first kappa shape index (κ1) is 14.9. The Balaban J connectivity index is 2.39. The van der Waals surface area contributed by atoms with Crippen LogP contribution in [0.5, 0.6) is 0 Å². The van der Waals surface area contributed by atoms with E-state index in [2.05, 4.69) is 20.9 Å². The van der Waals surface area contributed by atoms with Crippen LogP contribution in [0.2, 0.25) is 0 Å². The van der Waals surface area contributed by atoms with Crippen molar-refractivity contribution in [2.24, 2.45) is 17.3 Å². The predicted molar refractivity (Wildman–Crippen MR) is 77.0 cm³/mol. The van der Waals surface area contributed by atoms with Gasteiger partial charge in [0.2, 0.25) is 0 Å². The predicted octanol–water partition coefficient (Wildman–Crippen LogP) is 3.25. The van der Waals surface area contributed by atoms with Gasteiger partial charge in [0.25, 0.3) is 0 Å². The van der Waals surface area contributed by atoms with Gasteiger partial charge in [-0.1, -0.05) is 20.8 Å². The highest BCUT2D eigenvalue weighted by molar-refractivity contribution is 9.11. The molecule has 1 aromatic heterocycles. The average Bonchev–Trinajstić information content (AvgIpc) is 2.73. The molecule has 0 aliphatic heterocycles. The van der Waals surface area contributed by atoms with Gasteiger partial charge in [-0.25, -0.2) is 4.98 Å². The van der Waals surface area contributed by atoms with Gasteiger partial charge in [0.05, 0.1) is 15.9 Å². The summed E-state index contributed by atoms with van der Waals surface area (Å²) in [5.41, 5.74) is -1.51. The molecule has 1 aliphatic rings. The van der Waals surface area contributed by atoms with E-state index < -0.39 is 22.9 Å². The summed E-state index contributed by atoms with van der Waals surface area (Å²) in [5, 5.41) is 21.0. The van der Waals surface area contributed by atoms with E-state index in [9.17, 15) is 15.0 Å². The maximum atomic E-state index is 11.4. The van der Waals surface area contributed by atoms with Crippen LogP contribution in [-0.2, 0) is 10.4 Å². The van der Waals surface area contributed by atoms with Gasteiger partial charge >= 0.3 is 5.97 Å². The van der Waals surface area contributed by atoms with Crippen LogP contribution in [0.25, 0.3) is 0 Å². The third-order valence-electron chi connectivity index (χ3n) is 4.69. The van der Waals surface area contributed by atoms with Gasteiger partial charge in [0.15, 0.2) is 0 Å². The molecule has 6 heteroatoms. The highest BCUT2D eigenvalue weighted by Gasteiger charge is 2.54. The quantitative estimate of drug-likeness (QED) is 0.861. The van der Waals surface area contributed by atoms with Crippen LogP contribution >= 0.6 is 27.3 Å². The van der Waals surface area contributed by atoms with Crippen molar-refractivity contribution in [1.82, 2.24) is 4.98 Å². The van der Waals surface area contributed by atoms with Gasteiger partial charge in [-0.15, -0.1) is 11.3 Å². The number of carboxylic acids is 1. The number of thiazole rings is 1. The fourth-order valence-corrected chi connectivity index (χ4v) is 4.47. The van der Waals surface area contributed by atoms with Gasteiger partial charge in [-0.05, 0) is 40.1 Å². The zero-order valence-electron chi connectivity index (χ0n) is 11.2. The highest BCUT2D eigenvalue weighted by Crippen LogP contribution is 2.54. The van der Waals surface area contributed by atoms with Crippen molar-refractivity contribution in [3.8, 4) is 0 Å². The molecule has 1 fully saturated rings. The number of aliphatic carboxylic acids is 1. The minimum atomic E-state index is -1.04. The fraction of sp³-hybridized carbons (Fsp3) is 0.692. The number of rotatable bonds is 2. The van der Waals surface area contributed by atoms with Gasteiger partial charge in [0, 0.05) is 0 Å². The number of aliphatic hydroxyl groups is 1. The van der Waals surface area contributed by atoms with Gasteiger partial charge < -0.3 is 10.2 Å². The molecular formula is C13H18BrNO3S.